The van der Waals surface area contributed by atoms with Crippen molar-refractivity contribution >= 4 is 0 Å². The van der Waals surface area contributed by atoms with Crippen LogP contribution in [-0.2, 0) is 0 Å². The van der Waals surface area contributed by atoms with E-state index in [2.05, 4.69) is 125 Å². The van der Waals surface area contributed by atoms with E-state index in [0.29, 0.717) is 0 Å². The highest BCUT2D eigenvalue weighted by molar-refractivity contribution is 5.65. The fourth-order valence-electron chi connectivity index (χ4n) is 10.4. The zero-order chi connectivity index (χ0) is 53.0. The minimum absolute atomic E-state index is 0.804. The van der Waals surface area contributed by atoms with E-state index < -0.39 is 0 Å². The van der Waals surface area contributed by atoms with Crippen LogP contribution in [-0.4, -0.2) is 58.1 Å². The van der Waals surface area contributed by atoms with E-state index in [0.717, 1.165) is 75.1 Å². The number of quaternary nitrogens is 1. The van der Waals surface area contributed by atoms with Gasteiger partial charge >= 0.3 is 0 Å². The Morgan fingerprint density at radius 2 is 0.400 bits per heavy atom. The molecule has 0 atom stereocenters. The molecule has 0 unspecified atom stereocenters. The number of hydrogen-bond acceptors (Lipinski definition) is 4. The molecule has 5 nitrogen and oxygen atoms in total. The molecule has 420 valence electrons. The summed E-state index contributed by atoms with van der Waals surface area (Å²) in [5, 5.41) is 0. The van der Waals surface area contributed by atoms with Crippen molar-refractivity contribution in [1.82, 2.24) is 0 Å². The molecule has 0 N–H and O–H groups in total. The number of nitrogens with zero attached hydrogens (tertiary/aromatic N) is 1. The molecule has 0 saturated carbocycles. The molecule has 0 heterocycles. The highest BCUT2D eigenvalue weighted by Gasteiger charge is 2.14. The Hall–Kier alpha value is -3.96. The molecule has 0 aliphatic heterocycles. The van der Waals surface area contributed by atoms with Gasteiger partial charge in [-0.3, -0.25) is 0 Å². The zero-order valence-electron chi connectivity index (χ0n) is 49.0. The molecule has 0 bridgehead atoms. The molecule has 0 fully saturated rings. The van der Waals surface area contributed by atoms with Gasteiger partial charge in [-0.15, -0.1) is 0 Å². The van der Waals surface area contributed by atoms with Crippen LogP contribution in [0.2, 0.25) is 0 Å². The molecular formula is C70H112NO4+. The molecule has 0 saturated heterocycles. The molecule has 4 rings (SSSR count). The lowest BCUT2D eigenvalue weighted by Gasteiger charge is -2.30. The van der Waals surface area contributed by atoms with Crippen LogP contribution in [0.25, 0.3) is 22.3 Å². The van der Waals surface area contributed by atoms with Gasteiger partial charge < -0.3 is 23.4 Å². The molecule has 0 aliphatic carbocycles. The van der Waals surface area contributed by atoms with E-state index in [1.807, 2.05) is 0 Å². The van der Waals surface area contributed by atoms with E-state index in [1.165, 1.54) is 245 Å². The molecular weight excluding hydrogens is 919 g/mol. The summed E-state index contributed by atoms with van der Waals surface area (Å²) in [6.07, 6.45) is 48.1. The number of rotatable bonds is 50. The molecule has 0 radical (unpaired) electrons. The number of unbranched alkanes of at least 4 members (excludes halogenated alkanes) is 32. The normalized spacial score (nSPS) is 11.6. The highest BCUT2D eigenvalue weighted by Crippen LogP contribution is 2.27. The van der Waals surface area contributed by atoms with Crippen molar-refractivity contribution in [3.05, 3.63) is 97.1 Å². The van der Waals surface area contributed by atoms with Crippen LogP contribution in [0, 0.1) is 0 Å². The van der Waals surface area contributed by atoms with Crippen molar-refractivity contribution in [1.29, 1.82) is 0 Å². The van der Waals surface area contributed by atoms with Gasteiger partial charge in [0.15, 0.2) is 0 Å². The van der Waals surface area contributed by atoms with Crippen molar-refractivity contribution in [2.24, 2.45) is 0 Å². The van der Waals surface area contributed by atoms with Crippen LogP contribution >= 0.6 is 0 Å². The quantitative estimate of drug-likeness (QED) is 0.0326. The molecule has 0 aliphatic rings. The summed E-state index contributed by atoms with van der Waals surface area (Å²) in [7, 11) is 4.88. The Bertz CT molecular complexity index is 1730. The molecule has 4 aromatic carbocycles. The Morgan fingerprint density at radius 3 is 0.600 bits per heavy atom. The minimum Gasteiger partial charge on any atom is -0.494 e. The van der Waals surface area contributed by atoms with Crippen LogP contribution in [0.4, 0.5) is 0 Å². The molecule has 4 aromatic rings. The van der Waals surface area contributed by atoms with Gasteiger partial charge in [-0.05, 0) is 122 Å². The minimum atomic E-state index is 0.804. The second-order valence-corrected chi connectivity index (χ2v) is 22.9. The Morgan fingerprint density at radius 1 is 0.227 bits per heavy atom. The van der Waals surface area contributed by atoms with E-state index >= 15 is 0 Å². The van der Waals surface area contributed by atoms with E-state index in [-0.39, 0.29) is 0 Å². The molecule has 0 aromatic heterocycles. The van der Waals surface area contributed by atoms with Crippen LogP contribution in [0.5, 0.6) is 23.0 Å². The summed E-state index contributed by atoms with van der Waals surface area (Å²) in [5.41, 5.74) is 4.87. The monoisotopic (exact) mass is 1030 g/mol. The zero-order valence-corrected chi connectivity index (χ0v) is 49.0. The topological polar surface area (TPSA) is 36.9 Å². The Labute approximate surface area is 462 Å². The summed E-state index contributed by atoms with van der Waals surface area (Å²) in [6.45, 7) is 10.4. The van der Waals surface area contributed by atoms with E-state index in [1.54, 1.807) is 0 Å². The Kier molecular flexibility index (Phi) is 36.5. The molecule has 75 heavy (non-hydrogen) atoms. The van der Waals surface area contributed by atoms with Gasteiger partial charge in [0.25, 0.3) is 0 Å². The summed E-state index contributed by atoms with van der Waals surface area (Å²) in [5.74, 6) is 3.88. The molecule has 0 amide bonds. The van der Waals surface area contributed by atoms with Crippen molar-refractivity contribution in [2.75, 3.05) is 53.6 Å². The van der Waals surface area contributed by atoms with Crippen molar-refractivity contribution < 1.29 is 23.4 Å². The summed E-state index contributed by atoms with van der Waals surface area (Å²) >= 11 is 0. The first-order valence-electron chi connectivity index (χ1n) is 31.7. The van der Waals surface area contributed by atoms with Crippen molar-refractivity contribution in [3.8, 4) is 45.3 Å². The average Bonchev–Trinajstić information content (AvgIpc) is 3.43. The van der Waals surface area contributed by atoms with Gasteiger partial charge in [0.2, 0.25) is 0 Å². The van der Waals surface area contributed by atoms with Crippen molar-refractivity contribution in [3.63, 3.8) is 0 Å². The average molecular weight is 1030 g/mol. The maximum absolute atomic E-state index is 6.10. The molecule has 5 heteroatoms. The third-order valence-corrected chi connectivity index (χ3v) is 15.5. The van der Waals surface area contributed by atoms with Gasteiger partial charge in [0.1, 0.15) is 23.0 Å². The first kappa shape index (κ1) is 63.6. The van der Waals surface area contributed by atoms with E-state index in [4.69, 9.17) is 18.9 Å². The summed E-state index contributed by atoms with van der Waals surface area (Å²) in [6, 6.07) is 34.3. The number of ether oxygens (including phenoxy) is 4. The first-order valence-corrected chi connectivity index (χ1v) is 31.7. The lowest BCUT2D eigenvalue weighted by molar-refractivity contribution is -0.890. The van der Waals surface area contributed by atoms with Gasteiger partial charge in [-0.1, -0.05) is 242 Å². The lowest BCUT2D eigenvalue weighted by atomic mass is 10.1. The largest absolute Gasteiger partial charge is 0.494 e. The van der Waals surface area contributed by atoms with Gasteiger partial charge in [-0.2, -0.15) is 0 Å². The third-order valence-electron chi connectivity index (χ3n) is 15.5. The van der Waals surface area contributed by atoms with Crippen LogP contribution in [0.3, 0.4) is 0 Å². The lowest BCUT2D eigenvalue weighted by Crippen LogP contribution is -2.41. The molecule has 0 spiro atoms. The Balaban J connectivity index is 0.873. The number of benzene rings is 4. The van der Waals surface area contributed by atoms with Crippen LogP contribution in [0.15, 0.2) is 97.1 Å². The smallest absolute Gasteiger partial charge is 0.119 e. The second-order valence-electron chi connectivity index (χ2n) is 22.9. The summed E-state index contributed by atoms with van der Waals surface area (Å²) < 4.78 is 25.4. The maximum atomic E-state index is 6.10. The van der Waals surface area contributed by atoms with Gasteiger partial charge in [-0.25, -0.2) is 0 Å². The van der Waals surface area contributed by atoms with Crippen molar-refractivity contribution in [2.45, 2.75) is 245 Å². The van der Waals surface area contributed by atoms with Gasteiger partial charge in [0, 0.05) is 0 Å². The third kappa shape index (κ3) is 32.4. The predicted molar refractivity (Wildman–Crippen MR) is 325 cm³/mol. The van der Waals surface area contributed by atoms with Crippen LogP contribution in [0.1, 0.15) is 245 Å². The summed E-state index contributed by atoms with van der Waals surface area (Å²) in [4.78, 5) is 0. The van der Waals surface area contributed by atoms with Crippen LogP contribution < -0.4 is 18.9 Å². The SMILES string of the molecule is CCCCCCCCCCCCOc1ccc(-c2ccc(OCCCCCCCCCC[N+](C)(C)CCCCCCCCCCOc3ccc(-c4ccc(OCCCCCCCCCCCC)cc4)cc3)cc2)cc1. The first-order chi connectivity index (χ1) is 37.0. The number of hydrogen-bond donors (Lipinski definition) is 0. The highest BCUT2D eigenvalue weighted by atomic mass is 16.5. The second kappa shape index (κ2) is 43.1. The standard InChI is InChI=1S/C70H112NO4/c1-5-7-9-11-13-15-19-25-31-37-59-72-67-49-41-63(42-50-67)65-45-53-69(54-46-65)74-61-39-33-27-21-17-23-29-35-57-71(3,4)58-36-30-24-18-22-28-34-40-62-75-70-55-47-66(48-56-70)64-43-51-68(52-44-64)73-60-38-32-26-20-16-14-12-10-8-6-2/h41-56H,5-40,57-62H2,1-4H3/q+1. The fraction of sp³-hybridized carbons (Fsp3) is 0.657. The fourth-order valence-corrected chi connectivity index (χ4v) is 10.4. The van der Waals surface area contributed by atoms with Gasteiger partial charge in [0.05, 0.1) is 53.6 Å². The van der Waals surface area contributed by atoms with E-state index in [9.17, 15) is 0 Å². The maximum Gasteiger partial charge on any atom is 0.119 e. The predicted octanol–water partition coefficient (Wildman–Crippen LogP) is 21.4.